The zero-order valence-corrected chi connectivity index (χ0v) is 12.8. The third-order valence-electron chi connectivity index (χ3n) is 3.30. The van der Waals surface area contributed by atoms with E-state index in [0.717, 1.165) is 11.7 Å². The number of nitrogens with zero attached hydrogens (tertiary/aromatic N) is 2. The van der Waals surface area contributed by atoms with Gasteiger partial charge in [-0.3, -0.25) is 0 Å². The molecule has 0 spiro atoms. The molecule has 0 aliphatic carbocycles. The van der Waals surface area contributed by atoms with Crippen molar-refractivity contribution in [3.63, 3.8) is 0 Å². The van der Waals surface area contributed by atoms with Crippen LogP contribution in [0.15, 0.2) is 11.8 Å². The van der Waals surface area contributed by atoms with E-state index in [-0.39, 0.29) is 30.6 Å². The summed E-state index contributed by atoms with van der Waals surface area (Å²) in [6, 6.07) is 0. The molecule has 115 valence electrons. The predicted molar refractivity (Wildman–Crippen MR) is 77.0 cm³/mol. The maximum absolute atomic E-state index is 11.7. The molecule has 2 aliphatic rings. The Bertz CT molecular complexity index is 534. The summed E-state index contributed by atoms with van der Waals surface area (Å²) in [5.41, 5.74) is 0.531. The zero-order chi connectivity index (χ0) is 15.8. The number of hydrogen-bond acceptors (Lipinski definition) is 6. The Morgan fingerprint density at radius 3 is 2.90 bits per heavy atom. The van der Waals surface area contributed by atoms with Gasteiger partial charge in [-0.1, -0.05) is 0 Å². The zero-order valence-electron chi connectivity index (χ0n) is 11.9. The van der Waals surface area contributed by atoms with Crippen LogP contribution in [0.1, 0.15) is 19.8 Å². The molecular formula is C11H18BN3O5P. The van der Waals surface area contributed by atoms with Crippen LogP contribution >= 0.6 is 7.60 Å². The maximum atomic E-state index is 11.7. The molecule has 2 rings (SSSR count). The number of nitrogens with two attached hydrogens (primary N) is 1. The van der Waals surface area contributed by atoms with Crippen LogP contribution in [0.25, 0.3) is 0 Å². The summed E-state index contributed by atoms with van der Waals surface area (Å²) < 4.78 is 21.7. The Hall–Kier alpha value is -0.985. The van der Waals surface area contributed by atoms with Crippen molar-refractivity contribution in [3.05, 3.63) is 11.8 Å². The Labute approximate surface area is 124 Å². The van der Waals surface area contributed by atoms with Crippen molar-refractivity contribution in [2.75, 3.05) is 13.3 Å². The van der Waals surface area contributed by atoms with E-state index >= 15 is 0 Å². The first-order valence-electron chi connectivity index (χ1n) is 6.47. The normalized spacial score (nSPS) is 29.6. The van der Waals surface area contributed by atoms with E-state index in [9.17, 15) is 9.36 Å². The second kappa shape index (κ2) is 6.02. The van der Waals surface area contributed by atoms with Crippen LogP contribution in [0.4, 0.5) is 0 Å². The average Bonchev–Trinajstić information content (AvgIpc) is 2.86. The van der Waals surface area contributed by atoms with Crippen molar-refractivity contribution < 1.29 is 23.5 Å². The molecule has 2 heterocycles. The molecule has 10 heteroatoms. The van der Waals surface area contributed by atoms with E-state index < -0.39 is 7.60 Å². The van der Waals surface area contributed by atoms with Crippen LogP contribution < -0.4 is 5.84 Å². The molecule has 0 aromatic heterocycles. The van der Waals surface area contributed by atoms with Crippen molar-refractivity contribution in [3.8, 4) is 0 Å². The molecule has 3 N–H and O–H groups in total. The van der Waals surface area contributed by atoms with Crippen LogP contribution in [-0.2, 0) is 18.6 Å². The number of ether oxygens (including phenoxy) is 1. The summed E-state index contributed by atoms with van der Waals surface area (Å²) in [4.78, 5) is 22.3. The fourth-order valence-corrected chi connectivity index (χ4v) is 2.66. The van der Waals surface area contributed by atoms with Gasteiger partial charge in [0.1, 0.15) is 0 Å². The molecule has 21 heavy (non-hydrogen) atoms. The molecule has 3 atom stereocenters. The quantitative estimate of drug-likeness (QED) is 0.312. The molecule has 1 fully saturated rings. The number of hydrogen-bond donors (Lipinski definition) is 2. The number of carbonyl (C=O) groups excluding carboxylic acids is 1. The molecule has 1 amide bonds. The van der Waals surface area contributed by atoms with Gasteiger partial charge in [0, 0.05) is 0 Å². The van der Waals surface area contributed by atoms with E-state index in [2.05, 4.69) is 0 Å². The Kier molecular flexibility index (Phi) is 4.70. The van der Waals surface area contributed by atoms with Crippen LogP contribution in [0.2, 0.25) is 0 Å². The van der Waals surface area contributed by atoms with Crippen LogP contribution in [0.3, 0.4) is 0 Å². The molecule has 0 bridgehead atoms. The van der Waals surface area contributed by atoms with Gasteiger partial charge in [0.25, 0.3) is 0 Å². The van der Waals surface area contributed by atoms with E-state index in [1.54, 1.807) is 18.0 Å². The Balaban J connectivity index is 1.99. The number of carbonyl (C=O) groups is 1. The number of amides is 1. The van der Waals surface area contributed by atoms with Crippen molar-refractivity contribution in [1.82, 2.24) is 9.91 Å². The number of rotatable bonds is 4. The van der Waals surface area contributed by atoms with Crippen LogP contribution in [0, 0.1) is 0 Å². The molecule has 8 nitrogen and oxygen atoms in total. The summed E-state index contributed by atoms with van der Waals surface area (Å²) in [6.45, 7) is 2.79. The first kappa shape index (κ1) is 16.4. The fourth-order valence-electron chi connectivity index (χ4n) is 2.21. The first-order chi connectivity index (χ1) is 9.69. The summed E-state index contributed by atoms with van der Waals surface area (Å²) in [5.74, 6) is 5.24. The van der Waals surface area contributed by atoms with E-state index in [1.807, 2.05) is 0 Å². The van der Waals surface area contributed by atoms with E-state index in [4.69, 9.17) is 27.5 Å². The van der Waals surface area contributed by atoms with E-state index in [1.165, 1.54) is 0 Å². The first-order valence-corrected chi connectivity index (χ1v) is 8.50. The van der Waals surface area contributed by atoms with Crippen molar-refractivity contribution in [2.24, 2.45) is 5.84 Å². The standard InChI is InChI=1S/C11H18BN3O5P/c1-7-5-14(11(12)15(13)10(7)16)9-4-3-8(20-9)6-19-21(2,17)18/h5,8-9H,3-4,6,13H2,1-2H3,(H,17,18)/t8-,9?/m0/s1. The van der Waals surface area contributed by atoms with Gasteiger partial charge in [0.05, 0.1) is 0 Å². The van der Waals surface area contributed by atoms with Gasteiger partial charge >= 0.3 is 123 Å². The SMILES string of the molecule is [B]=C1N(N)C(=O)C(C)=CN1C1CC[C@@H](COP(C)(=O)O)O1. The topological polar surface area (TPSA) is 105 Å². The summed E-state index contributed by atoms with van der Waals surface area (Å²) in [6.07, 6.45) is 2.19. The second-order valence-corrected chi connectivity index (χ2v) is 7.01. The average molecular weight is 314 g/mol. The predicted octanol–water partition coefficient (Wildman–Crippen LogP) is -0.499. The minimum absolute atomic E-state index is 0.0302. The third kappa shape index (κ3) is 3.81. The molecule has 0 saturated carbocycles. The van der Waals surface area contributed by atoms with Gasteiger partial charge in [-0.15, -0.1) is 0 Å². The molecule has 1 radical (unpaired) electrons. The summed E-state index contributed by atoms with van der Waals surface area (Å²) >= 11 is 0. The molecule has 2 unspecified atom stereocenters. The third-order valence-corrected chi connectivity index (χ3v) is 3.92. The van der Waals surface area contributed by atoms with E-state index in [0.29, 0.717) is 18.4 Å². The Morgan fingerprint density at radius 1 is 1.62 bits per heavy atom. The van der Waals surface area contributed by atoms with Crippen LogP contribution in [0.5, 0.6) is 0 Å². The minimum atomic E-state index is -3.52. The van der Waals surface area contributed by atoms with Gasteiger partial charge in [-0.25, -0.2) is 0 Å². The summed E-state index contributed by atoms with van der Waals surface area (Å²) in [5, 5.41) is 0.872. The van der Waals surface area contributed by atoms with Crippen molar-refractivity contribution >= 4 is 26.7 Å². The molecule has 2 aliphatic heterocycles. The van der Waals surface area contributed by atoms with Crippen LogP contribution in [-0.4, -0.2) is 59.5 Å². The van der Waals surface area contributed by atoms with Gasteiger partial charge < -0.3 is 0 Å². The molecule has 0 aromatic carbocycles. The van der Waals surface area contributed by atoms with Gasteiger partial charge in [-0.05, 0) is 0 Å². The fraction of sp³-hybridized carbons (Fsp3) is 0.636. The monoisotopic (exact) mass is 314 g/mol. The Morgan fingerprint density at radius 2 is 2.29 bits per heavy atom. The van der Waals surface area contributed by atoms with Crippen molar-refractivity contribution in [1.29, 1.82) is 0 Å². The van der Waals surface area contributed by atoms with Gasteiger partial charge in [0.2, 0.25) is 0 Å². The second-order valence-electron chi connectivity index (χ2n) is 5.14. The van der Waals surface area contributed by atoms with Gasteiger partial charge in [0.15, 0.2) is 0 Å². The molecule has 0 aromatic rings. The molecular weight excluding hydrogens is 296 g/mol. The summed E-state index contributed by atoms with van der Waals surface area (Å²) in [7, 11) is 2.31. The molecule has 1 saturated heterocycles. The van der Waals surface area contributed by atoms with Crippen molar-refractivity contribution in [2.45, 2.75) is 32.1 Å². The van der Waals surface area contributed by atoms with Gasteiger partial charge in [-0.2, -0.15) is 0 Å². The number of hydrazine groups is 1.